The molecule has 2 N–H and O–H groups in total. The molecule has 1 heterocycles. The van der Waals surface area contributed by atoms with Gasteiger partial charge in [-0.05, 0) is 28.8 Å². The molecule has 1 fully saturated rings. The van der Waals surface area contributed by atoms with Gasteiger partial charge in [0.2, 0.25) is 0 Å². The van der Waals surface area contributed by atoms with Crippen molar-refractivity contribution in [2.45, 2.75) is 11.6 Å². The van der Waals surface area contributed by atoms with E-state index in [4.69, 9.17) is 0 Å². The van der Waals surface area contributed by atoms with Gasteiger partial charge in [0.15, 0.2) is 0 Å². The molecule has 0 unspecified atom stereocenters. The molecule has 5 rings (SSSR count). The van der Waals surface area contributed by atoms with Gasteiger partial charge in [-0.1, -0.05) is 109 Å². The summed E-state index contributed by atoms with van der Waals surface area (Å²) in [6, 6.07) is 42.7. The Kier molecular flexibility index (Phi) is 7.77. The highest BCUT2D eigenvalue weighted by Crippen LogP contribution is 2.42. The molecule has 4 nitrogen and oxygen atoms in total. The van der Waals surface area contributed by atoms with Crippen molar-refractivity contribution in [2.24, 2.45) is 0 Å². The van der Waals surface area contributed by atoms with Gasteiger partial charge in [0.25, 0.3) is 0 Å². The van der Waals surface area contributed by atoms with E-state index in [2.05, 4.69) is 106 Å². The molecule has 1 aliphatic rings. The van der Waals surface area contributed by atoms with Crippen molar-refractivity contribution in [1.82, 2.24) is 9.80 Å². The van der Waals surface area contributed by atoms with Crippen LogP contribution in [0.4, 0.5) is 5.69 Å². The van der Waals surface area contributed by atoms with E-state index in [1.165, 1.54) is 16.7 Å². The summed E-state index contributed by atoms with van der Waals surface area (Å²) in [5.74, 6) is 0. The maximum absolute atomic E-state index is 10.7. The molecule has 184 valence electrons. The fraction of sp³-hybridized carbons (Fsp3) is 0.250. The largest absolute Gasteiger partial charge is 0.390 e. The van der Waals surface area contributed by atoms with Crippen LogP contribution in [0, 0.1) is 0 Å². The van der Waals surface area contributed by atoms with Gasteiger partial charge in [-0.25, -0.2) is 0 Å². The zero-order chi connectivity index (χ0) is 24.6. The third-order valence-corrected chi connectivity index (χ3v) is 7.21. The fourth-order valence-electron chi connectivity index (χ4n) is 5.51. The molecular formula is C32H35N3O. The lowest BCUT2D eigenvalue weighted by Crippen LogP contribution is -2.57. The number of hydrogen-bond acceptors (Lipinski definition) is 4. The number of hydrogen-bond donors (Lipinski definition) is 2. The number of aliphatic hydroxyl groups excluding tert-OH is 1. The lowest BCUT2D eigenvalue weighted by Gasteiger charge is -2.49. The number of benzene rings is 4. The maximum Gasteiger partial charge on any atom is 0.0973 e. The summed E-state index contributed by atoms with van der Waals surface area (Å²) in [6.07, 6.45) is -0.418. The summed E-state index contributed by atoms with van der Waals surface area (Å²) in [5.41, 5.74) is 4.51. The predicted octanol–water partition coefficient (Wildman–Crippen LogP) is 5.07. The molecule has 0 saturated carbocycles. The normalized spacial score (nSPS) is 15.9. The standard InChI is InChI=1S/C32H35N3O/c36-31(25-33-30-19-11-4-12-20-30)26-34-21-23-35(24-22-34)32(27-13-5-1-6-14-27,28-15-7-2-8-16-28)29-17-9-3-10-18-29/h1-20,31,33,36H,21-26H2/t31-/m1/s1. The molecule has 4 aromatic rings. The van der Waals surface area contributed by atoms with Crippen molar-refractivity contribution < 1.29 is 5.11 Å². The summed E-state index contributed by atoms with van der Waals surface area (Å²) < 4.78 is 0. The van der Waals surface area contributed by atoms with Crippen LogP contribution in [-0.2, 0) is 5.54 Å². The number of nitrogens with one attached hydrogen (secondary N) is 1. The highest BCUT2D eigenvalue weighted by molar-refractivity contribution is 5.49. The summed E-state index contributed by atoms with van der Waals surface area (Å²) >= 11 is 0. The van der Waals surface area contributed by atoms with E-state index < -0.39 is 6.10 Å². The van der Waals surface area contributed by atoms with Gasteiger partial charge in [0.05, 0.1) is 11.6 Å². The van der Waals surface area contributed by atoms with Gasteiger partial charge in [-0.15, -0.1) is 0 Å². The van der Waals surface area contributed by atoms with E-state index in [-0.39, 0.29) is 5.54 Å². The van der Waals surface area contributed by atoms with Crippen LogP contribution in [0.25, 0.3) is 0 Å². The quantitative estimate of drug-likeness (QED) is 0.330. The number of β-amino-alcohol motifs (C(OH)–C–C–N with tert-alkyl or cyclic N) is 1. The lowest BCUT2D eigenvalue weighted by molar-refractivity contribution is 0.0462. The average Bonchev–Trinajstić information content (AvgIpc) is 2.96. The highest BCUT2D eigenvalue weighted by atomic mass is 16.3. The first-order valence-corrected chi connectivity index (χ1v) is 12.9. The Balaban J connectivity index is 1.37. The average molecular weight is 478 g/mol. The molecule has 0 radical (unpaired) electrons. The zero-order valence-electron chi connectivity index (χ0n) is 20.7. The van der Waals surface area contributed by atoms with E-state index >= 15 is 0 Å². The zero-order valence-corrected chi connectivity index (χ0v) is 20.7. The summed E-state index contributed by atoms with van der Waals surface area (Å²) in [4.78, 5) is 5.01. The Bertz CT molecular complexity index is 1080. The van der Waals surface area contributed by atoms with Crippen molar-refractivity contribution in [3.63, 3.8) is 0 Å². The number of aliphatic hydroxyl groups is 1. The Hall–Kier alpha value is -3.44. The van der Waals surface area contributed by atoms with E-state index in [1.54, 1.807) is 0 Å². The minimum Gasteiger partial charge on any atom is -0.390 e. The Morgan fingerprint density at radius 2 is 1.03 bits per heavy atom. The van der Waals surface area contributed by atoms with Crippen molar-refractivity contribution in [1.29, 1.82) is 0 Å². The van der Waals surface area contributed by atoms with Gasteiger partial charge in [0, 0.05) is 45.0 Å². The first-order chi connectivity index (χ1) is 17.8. The molecular weight excluding hydrogens is 442 g/mol. The Morgan fingerprint density at radius 1 is 0.611 bits per heavy atom. The van der Waals surface area contributed by atoms with Crippen LogP contribution in [0.1, 0.15) is 16.7 Å². The molecule has 0 aliphatic carbocycles. The van der Waals surface area contributed by atoms with Gasteiger partial charge >= 0.3 is 0 Å². The molecule has 1 atom stereocenters. The second-order valence-electron chi connectivity index (χ2n) is 9.50. The number of piperazine rings is 1. The van der Waals surface area contributed by atoms with Crippen LogP contribution >= 0.6 is 0 Å². The van der Waals surface area contributed by atoms with Gasteiger partial charge in [-0.2, -0.15) is 0 Å². The highest BCUT2D eigenvalue weighted by Gasteiger charge is 2.43. The van der Waals surface area contributed by atoms with Crippen molar-refractivity contribution in [2.75, 3.05) is 44.6 Å². The lowest BCUT2D eigenvalue weighted by atomic mass is 9.75. The predicted molar refractivity (Wildman–Crippen MR) is 148 cm³/mol. The van der Waals surface area contributed by atoms with E-state index in [9.17, 15) is 5.11 Å². The van der Waals surface area contributed by atoms with Gasteiger partial charge in [-0.3, -0.25) is 9.80 Å². The summed E-state index contributed by atoms with van der Waals surface area (Å²) in [7, 11) is 0. The molecule has 4 heteroatoms. The Morgan fingerprint density at radius 3 is 1.47 bits per heavy atom. The van der Waals surface area contributed by atoms with E-state index in [1.807, 2.05) is 30.3 Å². The SMILES string of the molecule is O[C@H](CNc1ccccc1)CN1CCN(C(c2ccccc2)(c2ccccc2)c2ccccc2)CC1. The second kappa shape index (κ2) is 11.5. The number of para-hydroxylation sites is 1. The van der Waals surface area contributed by atoms with E-state index in [0.717, 1.165) is 31.9 Å². The molecule has 0 spiro atoms. The molecule has 1 saturated heterocycles. The van der Waals surface area contributed by atoms with Crippen LogP contribution in [0.3, 0.4) is 0 Å². The minimum atomic E-state index is -0.418. The Labute approximate surface area is 214 Å². The molecule has 1 aliphatic heterocycles. The first kappa shape index (κ1) is 24.3. The maximum atomic E-state index is 10.7. The molecule has 0 bridgehead atoms. The monoisotopic (exact) mass is 477 g/mol. The minimum absolute atomic E-state index is 0.372. The number of anilines is 1. The van der Waals surface area contributed by atoms with Gasteiger partial charge in [0.1, 0.15) is 0 Å². The van der Waals surface area contributed by atoms with Crippen LogP contribution in [0.2, 0.25) is 0 Å². The smallest absolute Gasteiger partial charge is 0.0973 e. The first-order valence-electron chi connectivity index (χ1n) is 12.9. The number of rotatable bonds is 9. The van der Waals surface area contributed by atoms with Gasteiger partial charge < -0.3 is 10.4 Å². The molecule has 0 aromatic heterocycles. The topological polar surface area (TPSA) is 38.7 Å². The fourth-order valence-corrected chi connectivity index (χ4v) is 5.51. The summed E-state index contributed by atoms with van der Waals surface area (Å²) in [5, 5.41) is 14.0. The molecule has 36 heavy (non-hydrogen) atoms. The van der Waals surface area contributed by atoms with Crippen molar-refractivity contribution in [3.05, 3.63) is 138 Å². The van der Waals surface area contributed by atoms with Crippen molar-refractivity contribution in [3.8, 4) is 0 Å². The van der Waals surface area contributed by atoms with E-state index in [0.29, 0.717) is 13.1 Å². The van der Waals surface area contributed by atoms with Crippen LogP contribution in [-0.4, -0.2) is 60.3 Å². The van der Waals surface area contributed by atoms with Crippen molar-refractivity contribution >= 4 is 5.69 Å². The molecule has 0 amide bonds. The third-order valence-electron chi connectivity index (χ3n) is 7.21. The summed E-state index contributed by atoms with van der Waals surface area (Å²) in [6.45, 7) is 4.87. The van der Waals surface area contributed by atoms with Crippen LogP contribution < -0.4 is 5.32 Å². The number of nitrogens with zero attached hydrogens (tertiary/aromatic N) is 2. The van der Waals surface area contributed by atoms with Crippen LogP contribution in [0.15, 0.2) is 121 Å². The van der Waals surface area contributed by atoms with Crippen LogP contribution in [0.5, 0.6) is 0 Å². The second-order valence-corrected chi connectivity index (χ2v) is 9.50. The third kappa shape index (κ3) is 5.21. The molecule has 4 aromatic carbocycles.